The minimum Gasteiger partial charge on any atom is -0.507 e. The first-order valence-electron chi connectivity index (χ1n) is 9.26. The van der Waals surface area contributed by atoms with Crippen LogP contribution < -0.4 is 10.1 Å². The van der Waals surface area contributed by atoms with Crippen molar-refractivity contribution in [2.75, 3.05) is 13.7 Å². The van der Waals surface area contributed by atoms with Gasteiger partial charge in [0.05, 0.1) is 13.7 Å². The van der Waals surface area contributed by atoms with Gasteiger partial charge in [-0.15, -0.1) is 0 Å². The van der Waals surface area contributed by atoms with E-state index < -0.39 is 0 Å². The SMILES string of the molecule is COc1ccc(C(CNC(C)C)c2c(O)c(CO)cc3ccccc23)cc1. The maximum absolute atomic E-state index is 11.0. The van der Waals surface area contributed by atoms with Crippen LogP contribution in [0.25, 0.3) is 10.8 Å². The standard InChI is InChI=1S/C23H27NO3/c1-15(2)24-13-21(16-8-10-19(27-3)11-9-16)22-20-7-5-4-6-17(20)12-18(14-25)23(22)26/h4-12,15,21,24-26H,13-14H2,1-3H3. The third-order valence-corrected chi connectivity index (χ3v) is 4.91. The smallest absolute Gasteiger partial charge is 0.125 e. The maximum Gasteiger partial charge on any atom is 0.125 e. The summed E-state index contributed by atoms with van der Waals surface area (Å²) < 4.78 is 5.29. The molecule has 0 radical (unpaired) electrons. The van der Waals surface area contributed by atoms with Crippen LogP contribution in [-0.4, -0.2) is 29.9 Å². The lowest BCUT2D eigenvalue weighted by Crippen LogP contribution is -2.28. The summed E-state index contributed by atoms with van der Waals surface area (Å²) in [5.41, 5.74) is 2.47. The largest absolute Gasteiger partial charge is 0.507 e. The molecule has 0 amide bonds. The monoisotopic (exact) mass is 365 g/mol. The molecule has 0 bridgehead atoms. The summed E-state index contributed by atoms with van der Waals surface area (Å²) in [5.74, 6) is 0.907. The zero-order valence-electron chi connectivity index (χ0n) is 16.1. The number of hydrogen-bond acceptors (Lipinski definition) is 4. The minimum atomic E-state index is -0.198. The van der Waals surface area contributed by atoms with Crippen molar-refractivity contribution in [2.24, 2.45) is 0 Å². The summed E-state index contributed by atoms with van der Waals surface area (Å²) in [5, 5.41) is 26.2. The first kappa shape index (κ1) is 19.2. The van der Waals surface area contributed by atoms with Crippen LogP contribution in [-0.2, 0) is 6.61 Å². The quantitative estimate of drug-likeness (QED) is 0.588. The number of rotatable bonds is 7. The van der Waals surface area contributed by atoms with Gasteiger partial charge in [0.2, 0.25) is 0 Å². The number of methoxy groups -OCH3 is 1. The molecule has 0 aliphatic rings. The fourth-order valence-corrected chi connectivity index (χ4v) is 3.47. The fraction of sp³-hybridized carbons (Fsp3) is 0.304. The van der Waals surface area contributed by atoms with E-state index in [1.165, 1.54) is 0 Å². The van der Waals surface area contributed by atoms with Gasteiger partial charge in [0.25, 0.3) is 0 Å². The molecule has 142 valence electrons. The molecule has 3 rings (SSSR count). The van der Waals surface area contributed by atoms with Crippen molar-refractivity contribution in [3.05, 3.63) is 71.3 Å². The summed E-state index contributed by atoms with van der Waals surface area (Å²) in [4.78, 5) is 0. The number of aliphatic hydroxyl groups is 1. The molecule has 1 atom stereocenters. The van der Waals surface area contributed by atoms with E-state index in [0.717, 1.165) is 27.6 Å². The van der Waals surface area contributed by atoms with Gasteiger partial charge in [-0.2, -0.15) is 0 Å². The lowest BCUT2D eigenvalue weighted by molar-refractivity contribution is 0.275. The number of phenols is 1. The highest BCUT2D eigenvalue weighted by molar-refractivity contribution is 5.90. The van der Waals surface area contributed by atoms with Crippen molar-refractivity contribution < 1.29 is 14.9 Å². The Morgan fingerprint density at radius 2 is 1.74 bits per heavy atom. The van der Waals surface area contributed by atoms with Crippen LogP contribution in [0.4, 0.5) is 0 Å². The topological polar surface area (TPSA) is 61.7 Å². The Morgan fingerprint density at radius 3 is 2.37 bits per heavy atom. The summed E-state index contributed by atoms with van der Waals surface area (Å²) in [7, 11) is 1.65. The van der Waals surface area contributed by atoms with Gasteiger partial charge in [-0.25, -0.2) is 0 Å². The third kappa shape index (κ3) is 4.07. The first-order valence-corrected chi connectivity index (χ1v) is 9.26. The molecule has 0 saturated carbocycles. The second-order valence-electron chi connectivity index (χ2n) is 7.07. The Balaban J connectivity index is 2.20. The van der Waals surface area contributed by atoms with Crippen LogP contribution in [0.3, 0.4) is 0 Å². The zero-order valence-corrected chi connectivity index (χ0v) is 16.1. The van der Waals surface area contributed by atoms with E-state index >= 15 is 0 Å². The predicted molar refractivity (Wildman–Crippen MR) is 110 cm³/mol. The lowest BCUT2D eigenvalue weighted by atomic mass is 9.85. The number of aromatic hydroxyl groups is 1. The van der Waals surface area contributed by atoms with Gasteiger partial charge in [-0.05, 0) is 34.5 Å². The van der Waals surface area contributed by atoms with Gasteiger partial charge >= 0.3 is 0 Å². The van der Waals surface area contributed by atoms with Crippen molar-refractivity contribution in [1.82, 2.24) is 5.32 Å². The molecule has 0 fully saturated rings. The zero-order chi connectivity index (χ0) is 19.4. The normalized spacial score (nSPS) is 12.5. The first-order chi connectivity index (χ1) is 13.0. The molecule has 0 heterocycles. The molecule has 0 aliphatic heterocycles. The Bertz CT molecular complexity index is 903. The van der Waals surface area contributed by atoms with Gasteiger partial charge in [0.1, 0.15) is 11.5 Å². The maximum atomic E-state index is 11.0. The van der Waals surface area contributed by atoms with Gasteiger partial charge in [0, 0.05) is 29.6 Å². The van der Waals surface area contributed by atoms with Gasteiger partial charge in [-0.1, -0.05) is 50.2 Å². The van der Waals surface area contributed by atoms with Crippen LogP contribution >= 0.6 is 0 Å². The lowest BCUT2D eigenvalue weighted by Gasteiger charge is -2.24. The molecule has 1 unspecified atom stereocenters. The molecule has 3 aromatic rings. The van der Waals surface area contributed by atoms with Crippen molar-refractivity contribution in [3.8, 4) is 11.5 Å². The summed E-state index contributed by atoms with van der Waals surface area (Å²) in [6.07, 6.45) is 0. The predicted octanol–water partition coefficient (Wildman–Crippen LogP) is 4.18. The summed E-state index contributed by atoms with van der Waals surface area (Å²) in [6.45, 7) is 4.69. The average Bonchev–Trinajstić information content (AvgIpc) is 2.69. The van der Waals surface area contributed by atoms with E-state index in [1.807, 2.05) is 54.6 Å². The minimum absolute atomic E-state index is 0.0605. The van der Waals surface area contributed by atoms with Crippen LogP contribution in [0.1, 0.15) is 36.5 Å². The van der Waals surface area contributed by atoms with E-state index in [9.17, 15) is 10.2 Å². The van der Waals surface area contributed by atoms with Crippen LogP contribution in [0.15, 0.2) is 54.6 Å². The average molecular weight is 365 g/mol. The van der Waals surface area contributed by atoms with Crippen molar-refractivity contribution in [1.29, 1.82) is 0 Å². The Labute approximate surface area is 160 Å². The number of hydrogen-bond donors (Lipinski definition) is 3. The molecule has 27 heavy (non-hydrogen) atoms. The van der Waals surface area contributed by atoms with E-state index in [0.29, 0.717) is 18.2 Å². The fourth-order valence-electron chi connectivity index (χ4n) is 3.47. The third-order valence-electron chi connectivity index (χ3n) is 4.91. The molecule has 0 aromatic heterocycles. The highest BCUT2D eigenvalue weighted by atomic mass is 16.5. The molecule has 4 heteroatoms. The molecular formula is C23H27NO3. The van der Waals surface area contributed by atoms with Crippen LogP contribution in [0, 0.1) is 0 Å². The highest BCUT2D eigenvalue weighted by Crippen LogP contribution is 2.39. The highest BCUT2D eigenvalue weighted by Gasteiger charge is 2.23. The van der Waals surface area contributed by atoms with Crippen LogP contribution in [0.5, 0.6) is 11.5 Å². The number of fused-ring (bicyclic) bond motifs is 1. The Kier molecular flexibility index (Phi) is 5.99. The summed E-state index contributed by atoms with van der Waals surface area (Å²) >= 11 is 0. The molecule has 3 aromatic carbocycles. The van der Waals surface area contributed by atoms with Gasteiger partial charge in [-0.3, -0.25) is 0 Å². The molecule has 0 spiro atoms. The van der Waals surface area contributed by atoms with Crippen LogP contribution in [0.2, 0.25) is 0 Å². The van der Waals surface area contributed by atoms with Crippen molar-refractivity contribution in [2.45, 2.75) is 32.4 Å². The van der Waals surface area contributed by atoms with E-state index in [4.69, 9.17) is 4.74 Å². The summed E-state index contributed by atoms with van der Waals surface area (Å²) in [6, 6.07) is 18.1. The molecule has 0 aliphatic carbocycles. The molecular weight excluding hydrogens is 338 g/mol. The van der Waals surface area contributed by atoms with E-state index in [-0.39, 0.29) is 18.3 Å². The molecule has 4 nitrogen and oxygen atoms in total. The number of aliphatic hydroxyl groups excluding tert-OH is 1. The second-order valence-corrected chi connectivity index (χ2v) is 7.07. The number of nitrogens with one attached hydrogen (secondary N) is 1. The Hall–Kier alpha value is -2.56. The van der Waals surface area contributed by atoms with Crippen molar-refractivity contribution >= 4 is 10.8 Å². The van der Waals surface area contributed by atoms with Gasteiger partial charge < -0.3 is 20.3 Å². The second kappa shape index (κ2) is 8.42. The van der Waals surface area contributed by atoms with Gasteiger partial charge in [0.15, 0.2) is 0 Å². The Morgan fingerprint density at radius 1 is 1.04 bits per heavy atom. The molecule has 0 saturated heterocycles. The van der Waals surface area contributed by atoms with E-state index in [1.54, 1.807) is 7.11 Å². The number of ether oxygens (including phenoxy) is 1. The number of benzene rings is 3. The van der Waals surface area contributed by atoms with E-state index in [2.05, 4.69) is 19.2 Å². The van der Waals surface area contributed by atoms with Crippen molar-refractivity contribution in [3.63, 3.8) is 0 Å². The molecule has 3 N–H and O–H groups in total.